The van der Waals surface area contributed by atoms with E-state index in [0.717, 1.165) is 29.7 Å². The lowest BCUT2D eigenvalue weighted by atomic mass is 10.0. The van der Waals surface area contributed by atoms with Crippen LogP contribution in [0.25, 0.3) is 17.3 Å². The summed E-state index contributed by atoms with van der Waals surface area (Å²) in [4.78, 5) is 28.5. The number of likely N-dealkylation sites (tertiary alicyclic amines) is 1. The topological polar surface area (TPSA) is 75.3 Å². The van der Waals surface area contributed by atoms with E-state index in [-0.39, 0.29) is 17.0 Å². The Morgan fingerprint density at radius 1 is 1.12 bits per heavy atom. The van der Waals surface area contributed by atoms with Gasteiger partial charge in [-0.15, -0.1) is 11.3 Å². The number of hydrogen-bond acceptors (Lipinski definition) is 5. The van der Waals surface area contributed by atoms with Crippen LogP contribution in [-0.4, -0.2) is 35.6 Å². The van der Waals surface area contributed by atoms with Crippen LogP contribution in [0.4, 0.5) is 0 Å². The first-order valence-electron chi connectivity index (χ1n) is 11.3. The Hall–Kier alpha value is -3.63. The van der Waals surface area contributed by atoms with Crippen LogP contribution in [0.2, 0.25) is 0 Å². The fourth-order valence-electron chi connectivity index (χ4n) is 4.08. The van der Waals surface area contributed by atoms with Gasteiger partial charge in [0.05, 0.1) is 17.3 Å². The minimum Gasteiger partial charge on any atom is -0.495 e. The first-order valence-corrected chi connectivity index (χ1v) is 12.2. The second kappa shape index (κ2) is 10.1. The number of ether oxygens (including phenoxy) is 1. The molecule has 0 unspecified atom stereocenters. The summed E-state index contributed by atoms with van der Waals surface area (Å²) in [7, 11) is 1.53. The third-order valence-electron chi connectivity index (χ3n) is 5.98. The molecule has 174 valence electrons. The number of carbonyl (C=O) groups is 1. The summed E-state index contributed by atoms with van der Waals surface area (Å²) in [6, 6.07) is 17.3. The van der Waals surface area contributed by atoms with Crippen LogP contribution in [0.5, 0.6) is 5.75 Å². The lowest BCUT2D eigenvalue weighted by molar-refractivity contribution is -0.123. The molecule has 0 atom stereocenters. The molecule has 1 aromatic heterocycles. The number of para-hydroxylation sites is 2. The predicted octanol–water partition coefficient (Wildman–Crippen LogP) is 3.16. The van der Waals surface area contributed by atoms with Crippen LogP contribution >= 0.6 is 11.3 Å². The van der Waals surface area contributed by atoms with E-state index in [1.807, 2.05) is 36.4 Å². The highest BCUT2D eigenvalue weighted by molar-refractivity contribution is 7.07. The second-order valence-electron chi connectivity index (χ2n) is 8.54. The zero-order valence-corrected chi connectivity index (χ0v) is 20.4. The number of thiazole rings is 1. The number of amides is 1. The van der Waals surface area contributed by atoms with Gasteiger partial charge in [0.25, 0.3) is 11.5 Å². The maximum absolute atomic E-state index is 13.6. The molecule has 1 aliphatic heterocycles. The van der Waals surface area contributed by atoms with Gasteiger partial charge in [-0.2, -0.15) is 5.26 Å². The fourth-order valence-corrected chi connectivity index (χ4v) is 5.17. The molecule has 2 aromatic carbocycles. The van der Waals surface area contributed by atoms with Gasteiger partial charge in [-0.25, -0.2) is 0 Å². The summed E-state index contributed by atoms with van der Waals surface area (Å²) in [5.41, 5.74) is 2.28. The van der Waals surface area contributed by atoms with E-state index >= 15 is 0 Å². The molecule has 0 aliphatic carbocycles. The van der Waals surface area contributed by atoms with E-state index < -0.39 is 0 Å². The Kier molecular flexibility index (Phi) is 6.99. The van der Waals surface area contributed by atoms with Crippen LogP contribution < -0.4 is 19.5 Å². The van der Waals surface area contributed by atoms with Crippen molar-refractivity contribution in [2.75, 3.05) is 20.2 Å². The van der Waals surface area contributed by atoms with Crippen molar-refractivity contribution in [3.63, 3.8) is 0 Å². The van der Waals surface area contributed by atoms with Gasteiger partial charge >= 0.3 is 0 Å². The average molecular weight is 474 g/mol. The highest BCUT2D eigenvalue weighted by Gasteiger charge is 2.25. The smallest absolute Gasteiger partial charge is 0.273 e. The van der Waals surface area contributed by atoms with E-state index in [1.54, 1.807) is 23.1 Å². The lowest BCUT2D eigenvalue weighted by Crippen LogP contribution is -2.35. The number of methoxy groups -OCH3 is 1. The summed E-state index contributed by atoms with van der Waals surface area (Å²) in [5, 5.41) is 10.00. The van der Waals surface area contributed by atoms with Crippen molar-refractivity contribution in [3.8, 4) is 17.5 Å². The van der Waals surface area contributed by atoms with Crippen LogP contribution in [0.3, 0.4) is 0 Å². The summed E-state index contributed by atoms with van der Waals surface area (Å²) >= 11 is 1.16. The molecule has 0 radical (unpaired) electrons. The van der Waals surface area contributed by atoms with Crippen molar-refractivity contribution in [1.82, 2.24) is 9.47 Å². The molecule has 2 heterocycles. The van der Waals surface area contributed by atoms with E-state index in [4.69, 9.17) is 4.74 Å². The van der Waals surface area contributed by atoms with Crippen LogP contribution in [0, 0.1) is 11.3 Å². The Morgan fingerprint density at radius 3 is 2.41 bits per heavy atom. The van der Waals surface area contributed by atoms with Gasteiger partial charge in [-0.3, -0.25) is 14.2 Å². The number of benzene rings is 2. The molecular formula is C27H27N3O3S. The summed E-state index contributed by atoms with van der Waals surface area (Å²) in [6.45, 7) is 5.50. The van der Waals surface area contributed by atoms with Gasteiger partial charge in [-0.05, 0) is 48.1 Å². The molecule has 34 heavy (non-hydrogen) atoms. The number of nitriles is 1. The van der Waals surface area contributed by atoms with Gasteiger partial charge in [0.2, 0.25) is 0 Å². The van der Waals surface area contributed by atoms with Crippen LogP contribution in [0.1, 0.15) is 43.7 Å². The van der Waals surface area contributed by atoms with Crippen molar-refractivity contribution < 1.29 is 9.53 Å². The third kappa shape index (κ3) is 4.55. The first kappa shape index (κ1) is 23.5. The van der Waals surface area contributed by atoms with Crippen molar-refractivity contribution in [1.29, 1.82) is 5.26 Å². The molecule has 0 saturated carbocycles. The molecule has 1 fully saturated rings. The highest BCUT2D eigenvalue weighted by Crippen LogP contribution is 2.20. The zero-order chi connectivity index (χ0) is 24.2. The monoisotopic (exact) mass is 473 g/mol. The number of nitrogens with zero attached hydrogens (tertiary/aromatic N) is 3. The molecule has 6 nitrogen and oxygen atoms in total. The SMILES string of the molecule is COc1ccccc1-n1c(=O)/c(=C\c2ccc(C(C)C)cc2)s/c1=C(/C#N)C(=O)N1CCCC1. The molecule has 0 bridgehead atoms. The Balaban J connectivity index is 1.99. The van der Waals surface area contributed by atoms with Gasteiger partial charge in [0, 0.05) is 13.1 Å². The molecule has 0 spiro atoms. The zero-order valence-electron chi connectivity index (χ0n) is 19.6. The number of aromatic nitrogens is 1. The van der Waals surface area contributed by atoms with Crippen LogP contribution in [0.15, 0.2) is 53.3 Å². The highest BCUT2D eigenvalue weighted by atomic mass is 32.1. The van der Waals surface area contributed by atoms with Crippen LogP contribution in [-0.2, 0) is 4.79 Å². The minimum absolute atomic E-state index is 0.0234. The quantitative estimate of drug-likeness (QED) is 0.571. The maximum Gasteiger partial charge on any atom is 0.273 e. The van der Waals surface area contributed by atoms with Crippen molar-refractivity contribution in [2.24, 2.45) is 0 Å². The maximum atomic E-state index is 13.6. The Morgan fingerprint density at radius 2 is 1.79 bits per heavy atom. The predicted molar refractivity (Wildman–Crippen MR) is 135 cm³/mol. The van der Waals surface area contributed by atoms with E-state index in [2.05, 4.69) is 19.9 Å². The first-order chi connectivity index (χ1) is 16.4. The molecular weight excluding hydrogens is 446 g/mol. The molecule has 3 aromatic rings. The molecule has 1 saturated heterocycles. The Bertz CT molecular complexity index is 1420. The molecule has 1 amide bonds. The average Bonchev–Trinajstić information content (AvgIpc) is 3.49. The summed E-state index contributed by atoms with van der Waals surface area (Å²) in [6.07, 6.45) is 3.64. The second-order valence-corrected chi connectivity index (χ2v) is 9.57. The summed E-state index contributed by atoms with van der Waals surface area (Å²) < 4.78 is 7.69. The number of carbonyl (C=O) groups excluding carboxylic acids is 1. The molecule has 1 aliphatic rings. The molecule has 4 rings (SSSR count). The van der Waals surface area contributed by atoms with Gasteiger partial charge in [0.1, 0.15) is 16.5 Å². The summed E-state index contributed by atoms with van der Waals surface area (Å²) in [5.74, 6) is 0.565. The molecule has 0 N–H and O–H groups in total. The van der Waals surface area contributed by atoms with Gasteiger partial charge in [-0.1, -0.05) is 50.2 Å². The molecule has 7 heteroatoms. The van der Waals surface area contributed by atoms with Crippen molar-refractivity contribution in [3.05, 3.63) is 79.2 Å². The normalized spacial score (nSPS) is 14.9. The number of hydrogen-bond donors (Lipinski definition) is 0. The Labute approximate surface area is 202 Å². The fraction of sp³-hybridized carbons (Fsp3) is 0.296. The standard InChI is InChI=1S/C27H27N3O3S/c1-18(2)20-12-10-19(11-13-20)16-24-26(32)30(22-8-4-5-9-23(22)33-3)27(34-24)21(17-28)25(31)29-14-6-7-15-29/h4-5,8-13,16,18H,6-7,14-15H2,1-3H3/b24-16+,27-21-. The van der Waals surface area contributed by atoms with E-state index in [9.17, 15) is 14.9 Å². The van der Waals surface area contributed by atoms with Crippen molar-refractivity contribution >= 4 is 28.9 Å². The van der Waals surface area contributed by atoms with Crippen molar-refractivity contribution in [2.45, 2.75) is 32.6 Å². The largest absolute Gasteiger partial charge is 0.495 e. The third-order valence-corrected chi connectivity index (χ3v) is 7.08. The minimum atomic E-state index is -0.335. The van der Waals surface area contributed by atoms with Gasteiger partial charge in [0.15, 0.2) is 5.57 Å². The number of rotatable bonds is 5. The lowest BCUT2D eigenvalue weighted by Gasteiger charge is -2.14. The van der Waals surface area contributed by atoms with E-state index in [1.165, 1.54) is 17.2 Å². The van der Waals surface area contributed by atoms with Gasteiger partial charge < -0.3 is 9.64 Å². The van der Waals surface area contributed by atoms with E-state index in [0.29, 0.717) is 39.6 Å².